The summed E-state index contributed by atoms with van der Waals surface area (Å²) in [5.74, 6) is -0.486. The molecule has 0 fully saturated rings. The number of hydrogen-bond donors (Lipinski definition) is 0. The van der Waals surface area contributed by atoms with Crippen molar-refractivity contribution < 1.29 is 12.8 Å². The van der Waals surface area contributed by atoms with Crippen molar-refractivity contribution in [3.05, 3.63) is 59.5 Å². The van der Waals surface area contributed by atoms with Crippen molar-refractivity contribution in [1.29, 1.82) is 0 Å². The number of rotatable bonds is 5. The Kier molecular flexibility index (Phi) is 5.35. The smallest absolute Gasteiger partial charge is 0.268 e. The first-order valence-electron chi connectivity index (χ1n) is 7.85. The molecule has 8 heteroatoms. The van der Waals surface area contributed by atoms with Crippen molar-refractivity contribution in [1.82, 2.24) is 8.87 Å². The highest BCUT2D eigenvalue weighted by molar-refractivity contribution is 8.00. The van der Waals surface area contributed by atoms with Gasteiger partial charge in [-0.2, -0.15) is 0 Å². The van der Waals surface area contributed by atoms with Gasteiger partial charge < -0.3 is 0 Å². The predicted molar refractivity (Wildman–Crippen MR) is 105 cm³/mol. The van der Waals surface area contributed by atoms with Gasteiger partial charge in [-0.15, -0.1) is 11.8 Å². The summed E-state index contributed by atoms with van der Waals surface area (Å²) in [5.41, 5.74) is 0.496. The minimum Gasteiger partial charge on any atom is -0.298 e. The molecule has 2 aromatic carbocycles. The zero-order valence-electron chi connectivity index (χ0n) is 14.5. The molecule has 0 N–H and O–H groups in total. The molecule has 138 valence electrons. The Labute approximate surface area is 161 Å². The van der Waals surface area contributed by atoms with E-state index in [1.165, 1.54) is 16.1 Å². The molecule has 3 aromatic rings. The van der Waals surface area contributed by atoms with E-state index in [1.54, 1.807) is 30.1 Å². The monoisotopic (exact) mass is 412 g/mol. The highest BCUT2D eigenvalue weighted by Crippen LogP contribution is 2.36. The van der Waals surface area contributed by atoms with Crippen LogP contribution < -0.4 is 0 Å². The molecule has 0 spiro atoms. The second kappa shape index (κ2) is 7.23. The van der Waals surface area contributed by atoms with E-state index in [0.717, 1.165) is 22.4 Å². The number of aromatic nitrogens is 1. The van der Waals surface area contributed by atoms with Crippen LogP contribution in [0.5, 0.6) is 0 Å². The van der Waals surface area contributed by atoms with Gasteiger partial charge in [-0.05, 0) is 57.4 Å². The van der Waals surface area contributed by atoms with Crippen LogP contribution in [0.15, 0.2) is 58.5 Å². The molecule has 1 heterocycles. The highest BCUT2D eigenvalue weighted by atomic mass is 35.5. The van der Waals surface area contributed by atoms with Crippen LogP contribution in [0, 0.1) is 5.82 Å². The Morgan fingerprint density at radius 2 is 1.81 bits per heavy atom. The van der Waals surface area contributed by atoms with Crippen LogP contribution in [0.2, 0.25) is 5.02 Å². The molecule has 4 nitrogen and oxygen atoms in total. The number of hydrogen-bond acceptors (Lipinski definition) is 4. The number of fused-ring (bicyclic) bond motifs is 1. The summed E-state index contributed by atoms with van der Waals surface area (Å²) in [5, 5.41) is 1.40. The van der Waals surface area contributed by atoms with Gasteiger partial charge in [0.15, 0.2) is 0 Å². The average Bonchev–Trinajstić information content (AvgIpc) is 2.93. The Morgan fingerprint density at radius 3 is 2.42 bits per heavy atom. The first-order valence-corrected chi connectivity index (χ1v) is 10.5. The number of benzene rings is 2. The van der Waals surface area contributed by atoms with Crippen LogP contribution >= 0.6 is 23.4 Å². The number of thioether (sulfide) groups is 1. The van der Waals surface area contributed by atoms with Crippen LogP contribution in [-0.2, 0) is 10.0 Å². The normalized spacial score (nSPS) is 13.5. The van der Waals surface area contributed by atoms with E-state index >= 15 is 0 Å². The maximum atomic E-state index is 13.2. The Bertz CT molecular complexity index is 1050. The van der Waals surface area contributed by atoms with E-state index in [1.807, 2.05) is 32.0 Å². The first kappa shape index (κ1) is 19.2. The van der Waals surface area contributed by atoms with Gasteiger partial charge in [0.05, 0.1) is 15.8 Å². The average molecular weight is 413 g/mol. The summed E-state index contributed by atoms with van der Waals surface area (Å²) in [7, 11) is 0.0527. The second-order valence-corrected chi connectivity index (χ2v) is 9.70. The largest absolute Gasteiger partial charge is 0.298 e. The summed E-state index contributed by atoms with van der Waals surface area (Å²) >= 11 is 7.66. The third-order valence-corrected chi connectivity index (χ3v) is 7.36. The van der Waals surface area contributed by atoms with Crippen LogP contribution in [0.1, 0.15) is 6.92 Å². The zero-order valence-corrected chi connectivity index (χ0v) is 16.9. The Hall–Kier alpha value is -1.54. The highest BCUT2D eigenvalue weighted by Gasteiger charge is 2.23. The molecule has 1 aromatic heterocycles. The Balaban J connectivity index is 2.19. The fourth-order valence-electron chi connectivity index (χ4n) is 2.44. The van der Waals surface area contributed by atoms with E-state index in [4.69, 9.17) is 11.6 Å². The van der Waals surface area contributed by atoms with Gasteiger partial charge in [-0.1, -0.05) is 17.7 Å². The lowest BCUT2D eigenvalue weighted by atomic mass is 10.2. The topological polar surface area (TPSA) is 42.3 Å². The standard InChI is InChI=1S/C18H18ClFN2O2S2/c1-12(21(2)3)25-18-11-22(17-10-13(19)4-9-16(17)18)26(23,24)15-7-5-14(20)6-8-15/h4-12H,1-3H3. The molecular weight excluding hydrogens is 395 g/mol. The quantitative estimate of drug-likeness (QED) is 0.451. The van der Waals surface area contributed by atoms with Crippen molar-refractivity contribution in [3.8, 4) is 0 Å². The second-order valence-electron chi connectivity index (χ2n) is 6.09. The summed E-state index contributed by atoms with van der Waals surface area (Å²) < 4.78 is 40.6. The summed E-state index contributed by atoms with van der Waals surface area (Å²) in [6.45, 7) is 2.04. The first-order chi connectivity index (χ1) is 12.2. The van der Waals surface area contributed by atoms with Gasteiger partial charge in [-0.3, -0.25) is 4.90 Å². The lowest BCUT2D eigenvalue weighted by molar-refractivity contribution is 0.402. The van der Waals surface area contributed by atoms with Gasteiger partial charge in [0.1, 0.15) is 5.82 Å². The minimum absolute atomic E-state index is 0.0213. The lowest BCUT2D eigenvalue weighted by Gasteiger charge is -2.18. The fraction of sp³-hybridized carbons (Fsp3) is 0.222. The van der Waals surface area contributed by atoms with Crippen molar-refractivity contribution >= 4 is 44.3 Å². The van der Waals surface area contributed by atoms with Gasteiger partial charge in [0.2, 0.25) is 0 Å². The van der Waals surface area contributed by atoms with Crippen molar-refractivity contribution in [2.24, 2.45) is 0 Å². The van der Waals surface area contributed by atoms with Gasteiger partial charge in [0.25, 0.3) is 10.0 Å². The third-order valence-electron chi connectivity index (χ3n) is 4.09. The molecule has 0 aliphatic carbocycles. The van der Waals surface area contributed by atoms with E-state index < -0.39 is 15.8 Å². The summed E-state index contributed by atoms with van der Waals surface area (Å²) in [4.78, 5) is 2.90. The van der Waals surface area contributed by atoms with E-state index in [0.29, 0.717) is 10.5 Å². The number of halogens is 2. The van der Waals surface area contributed by atoms with Crippen LogP contribution in [0.3, 0.4) is 0 Å². The van der Waals surface area contributed by atoms with Crippen molar-refractivity contribution in [2.75, 3.05) is 14.1 Å². The molecule has 0 amide bonds. The summed E-state index contributed by atoms with van der Waals surface area (Å²) in [6, 6.07) is 9.97. The molecule has 1 atom stereocenters. The molecule has 0 saturated heterocycles. The van der Waals surface area contributed by atoms with E-state index in [2.05, 4.69) is 0 Å². The molecule has 3 rings (SSSR count). The molecular formula is C18H18ClFN2O2S2. The molecule has 26 heavy (non-hydrogen) atoms. The lowest BCUT2D eigenvalue weighted by Crippen LogP contribution is -2.20. The van der Waals surface area contributed by atoms with Crippen molar-refractivity contribution in [2.45, 2.75) is 22.1 Å². The molecule has 0 aliphatic heterocycles. The predicted octanol–water partition coefficient (Wildman–Crippen LogP) is 4.67. The molecule has 0 radical (unpaired) electrons. The number of nitrogens with zero attached hydrogens (tertiary/aromatic N) is 2. The zero-order chi connectivity index (χ0) is 19.1. The molecule has 1 unspecified atom stereocenters. The molecule has 0 aliphatic rings. The molecule has 0 bridgehead atoms. The maximum Gasteiger partial charge on any atom is 0.268 e. The third kappa shape index (κ3) is 3.62. The van der Waals surface area contributed by atoms with Crippen LogP contribution in [0.25, 0.3) is 10.9 Å². The van der Waals surface area contributed by atoms with E-state index in [9.17, 15) is 12.8 Å². The maximum absolute atomic E-state index is 13.2. The van der Waals surface area contributed by atoms with E-state index in [-0.39, 0.29) is 10.3 Å². The SMILES string of the molecule is CC(Sc1cn(S(=O)(=O)c2ccc(F)cc2)c2cc(Cl)ccc12)N(C)C. The minimum atomic E-state index is -3.87. The van der Waals surface area contributed by atoms with Crippen LogP contribution in [0.4, 0.5) is 4.39 Å². The Morgan fingerprint density at radius 1 is 1.15 bits per heavy atom. The molecule has 0 saturated carbocycles. The summed E-state index contributed by atoms with van der Waals surface area (Å²) in [6.07, 6.45) is 1.60. The fourth-order valence-corrected chi connectivity index (χ4v) is 5.08. The van der Waals surface area contributed by atoms with Gasteiger partial charge in [0, 0.05) is 21.5 Å². The van der Waals surface area contributed by atoms with Crippen LogP contribution in [-0.4, -0.2) is 36.8 Å². The van der Waals surface area contributed by atoms with Gasteiger partial charge >= 0.3 is 0 Å². The van der Waals surface area contributed by atoms with Crippen molar-refractivity contribution in [3.63, 3.8) is 0 Å². The van der Waals surface area contributed by atoms with Gasteiger partial charge in [-0.25, -0.2) is 16.8 Å².